The molecule has 0 saturated carbocycles. The number of rotatable bonds is 45. The molecule has 4 atom stereocenters. The van der Waals surface area contributed by atoms with Crippen molar-refractivity contribution in [3.8, 4) is 0 Å². The summed E-state index contributed by atoms with van der Waals surface area (Å²) in [6.45, 7) is 4.22. The van der Waals surface area contributed by atoms with Gasteiger partial charge in [0.15, 0.2) is 6.10 Å². The normalized spacial score (nSPS) is 17.1. The first kappa shape index (κ1) is 60.4. The molecule has 0 bridgehead atoms. The summed E-state index contributed by atoms with van der Waals surface area (Å²) in [5.41, 5.74) is 0. The van der Waals surface area contributed by atoms with Crippen molar-refractivity contribution < 1.29 is 46.8 Å². The van der Waals surface area contributed by atoms with E-state index in [-0.39, 0.29) is 26.1 Å². The van der Waals surface area contributed by atoms with Crippen LogP contribution in [-0.4, -0.2) is 87.1 Å². The molecule has 0 amide bonds. The summed E-state index contributed by atoms with van der Waals surface area (Å²) < 4.78 is 40.1. The molecule has 374 valence electrons. The van der Waals surface area contributed by atoms with E-state index in [9.17, 15) is 19.0 Å². The van der Waals surface area contributed by atoms with E-state index in [1.54, 1.807) is 0 Å². The number of unbranched alkanes of at least 4 members (excludes halogenated alkanes) is 17. The predicted octanol–water partition coefficient (Wildman–Crippen LogP) is 14.3. The molecular weight excluding hydrogens is 838 g/mol. The van der Waals surface area contributed by atoms with E-state index in [1.165, 1.54) is 96.3 Å². The zero-order valence-corrected chi connectivity index (χ0v) is 42.8. The highest BCUT2D eigenvalue weighted by atomic mass is 31.2. The van der Waals surface area contributed by atoms with Crippen LogP contribution in [0.1, 0.15) is 194 Å². The Morgan fingerprint density at radius 2 is 1.05 bits per heavy atom. The molecule has 0 aromatic heterocycles. The predicted molar refractivity (Wildman–Crippen MR) is 270 cm³/mol. The minimum atomic E-state index is -4.40. The van der Waals surface area contributed by atoms with Crippen LogP contribution < -0.4 is 0 Å². The van der Waals surface area contributed by atoms with Crippen LogP contribution in [0.2, 0.25) is 0 Å². The highest BCUT2D eigenvalue weighted by Crippen LogP contribution is 2.43. The van der Waals surface area contributed by atoms with Crippen molar-refractivity contribution >= 4 is 19.8 Å². The number of nitrogens with zero attached hydrogens (tertiary/aromatic N) is 1. The van der Waals surface area contributed by atoms with Crippen LogP contribution >= 0.6 is 7.82 Å². The number of likely N-dealkylation sites (N-methyl/N-ethyl adjacent to an activating group) is 1. The first-order valence-electron chi connectivity index (χ1n) is 25.8. The summed E-state index contributed by atoms with van der Waals surface area (Å²) in [6, 6.07) is 0. The molecule has 1 saturated heterocycles. The van der Waals surface area contributed by atoms with Crippen LogP contribution in [0.15, 0.2) is 72.9 Å². The lowest BCUT2D eigenvalue weighted by Crippen LogP contribution is -2.37. The van der Waals surface area contributed by atoms with Gasteiger partial charge >= 0.3 is 19.8 Å². The SMILES string of the molecule is CC/C=C\CC1OC1C/C=C\C/C=C\C/C=C\C/C=C\CCC(=O)OC[C@H](COP(=O)(O)OCC[N+](C)(C)C)OC(=O)CCCCCCCCCCCCC/C=C\CCCCCCCC. The minimum absolute atomic E-state index is 0.0157. The Bertz CT molecular complexity index is 1400. The van der Waals surface area contributed by atoms with Gasteiger partial charge in [0, 0.05) is 12.8 Å². The molecule has 1 aliphatic heterocycles. The molecule has 3 unspecified atom stereocenters. The van der Waals surface area contributed by atoms with Gasteiger partial charge in [0.05, 0.1) is 40.0 Å². The van der Waals surface area contributed by atoms with Gasteiger partial charge in [-0.3, -0.25) is 18.6 Å². The fraction of sp³-hybridized carbons (Fsp3) is 0.741. The second-order valence-corrected chi connectivity index (χ2v) is 20.0. The average molecular weight is 933 g/mol. The number of quaternary nitrogens is 1. The molecule has 1 heterocycles. The van der Waals surface area contributed by atoms with Gasteiger partial charge in [-0.15, -0.1) is 0 Å². The Hall–Kier alpha value is -2.59. The number of hydrogen-bond donors (Lipinski definition) is 1. The number of hydrogen-bond acceptors (Lipinski definition) is 8. The quantitative estimate of drug-likeness (QED) is 0.0159. The third-order valence-corrected chi connectivity index (χ3v) is 12.1. The molecule has 1 rings (SSSR count). The van der Waals surface area contributed by atoms with Crippen molar-refractivity contribution in [2.24, 2.45) is 0 Å². The molecule has 65 heavy (non-hydrogen) atoms. The number of phosphoric ester groups is 1. The van der Waals surface area contributed by atoms with Crippen molar-refractivity contribution in [1.82, 2.24) is 0 Å². The van der Waals surface area contributed by atoms with E-state index < -0.39 is 32.5 Å². The summed E-state index contributed by atoms with van der Waals surface area (Å²) in [5, 5.41) is 0. The zero-order valence-electron chi connectivity index (χ0n) is 41.9. The van der Waals surface area contributed by atoms with Crippen LogP contribution in [0.3, 0.4) is 0 Å². The average Bonchev–Trinajstić information content (AvgIpc) is 4.02. The van der Waals surface area contributed by atoms with Crippen LogP contribution in [0.25, 0.3) is 0 Å². The van der Waals surface area contributed by atoms with E-state index in [2.05, 4.69) is 74.6 Å². The molecule has 10 nitrogen and oxygen atoms in total. The van der Waals surface area contributed by atoms with E-state index in [0.717, 1.165) is 57.8 Å². The third kappa shape index (κ3) is 42.5. The lowest BCUT2D eigenvalue weighted by atomic mass is 10.0. The molecule has 11 heteroatoms. The molecule has 1 aliphatic rings. The van der Waals surface area contributed by atoms with Gasteiger partial charge in [0.25, 0.3) is 0 Å². The van der Waals surface area contributed by atoms with Crippen LogP contribution in [0.4, 0.5) is 0 Å². The smallest absolute Gasteiger partial charge is 0.462 e. The van der Waals surface area contributed by atoms with E-state index in [0.29, 0.717) is 36.1 Å². The number of carbonyl (C=O) groups excluding carboxylic acids is 2. The van der Waals surface area contributed by atoms with E-state index in [4.69, 9.17) is 23.3 Å². The molecule has 0 spiro atoms. The number of carbonyl (C=O) groups is 2. The molecule has 0 aromatic rings. The maximum Gasteiger partial charge on any atom is 0.472 e. The third-order valence-electron chi connectivity index (χ3n) is 11.1. The second kappa shape index (κ2) is 41.6. The summed E-state index contributed by atoms with van der Waals surface area (Å²) in [4.78, 5) is 35.5. The summed E-state index contributed by atoms with van der Waals surface area (Å²) in [7, 11) is 1.43. The van der Waals surface area contributed by atoms with Crippen molar-refractivity contribution in [2.75, 3.05) is 47.5 Å². The maximum absolute atomic E-state index is 12.8. The Morgan fingerprint density at radius 3 is 1.58 bits per heavy atom. The number of allylic oxidation sites excluding steroid dienone is 10. The fourth-order valence-electron chi connectivity index (χ4n) is 7.02. The Morgan fingerprint density at radius 1 is 0.569 bits per heavy atom. The van der Waals surface area contributed by atoms with Gasteiger partial charge in [-0.2, -0.15) is 0 Å². The number of epoxide rings is 1. The van der Waals surface area contributed by atoms with Gasteiger partial charge < -0.3 is 23.6 Å². The lowest BCUT2D eigenvalue weighted by Gasteiger charge is -2.24. The van der Waals surface area contributed by atoms with Gasteiger partial charge in [0.1, 0.15) is 19.8 Å². The summed E-state index contributed by atoms with van der Waals surface area (Å²) in [5.74, 6) is -0.902. The maximum atomic E-state index is 12.8. The van der Waals surface area contributed by atoms with Gasteiger partial charge in [-0.05, 0) is 77.0 Å². The van der Waals surface area contributed by atoms with Crippen molar-refractivity contribution in [3.05, 3.63) is 72.9 Å². The highest BCUT2D eigenvalue weighted by Gasteiger charge is 2.36. The summed E-state index contributed by atoms with van der Waals surface area (Å²) in [6.07, 6.45) is 55.8. The van der Waals surface area contributed by atoms with Gasteiger partial charge in [-0.1, -0.05) is 177 Å². The highest BCUT2D eigenvalue weighted by molar-refractivity contribution is 7.47. The van der Waals surface area contributed by atoms with E-state index >= 15 is 0 Å². The molecule has 0 aliphatic carbocycles. The Balaban J connectivity index is 2.25. The second-order valence-electron chi connectivity index (χ2n) is 18.6. The van der Waals surface area contributed by atoms with Crippen molar-refractivity contribution in [1.29, 1.82) is 0 Å². The van der Waals surface area contributed by atoms with Crippen LogP contribution in [-0.2, 0) is 37.4 Å². The Labute approximate surface area is 397 Å². The standard InChI is InChI=1S/C54H94NO9P/c1-6-8-10-11-12-13-14-15-16-17-18-19-20-21-22-23-28-31-34-37-41-45-54(57)63-50(49-62-65(58,59)61-47-46-55(3,4)5)48-60-53(56)44-40-36-33-30-27-25-24-26-29-32-35-39-43-52-51(64-52)42-38-9-7-2/h9,15-16,25-27,29,33,35-36,38-39,50-52H,6-8,10-14,17-24,28,30-32,34,37,40-49H2,1-5H3/p+1/b16-15-,27-25-,29-26-,36-33-,38-9-,39-35-/t50-,51?,52?/m1/s1. The number of phosphoric acid groups is 1. The number of ether oxygens (including phenoxy) is 3. The van der Waals surface area contributed by atoms with Gasteiger partial charge in [0.2, 0.25) is 0 Å². The molecule has 1 fully saturated rings. The lowest BCUT2D eigenvalue weighted by molar-refractivity contribution is -0.870. The zero-order chi connectivity index (χ0) is 47.5. The fourth-order valence-corrected chi connectivity index (χ4v) is 7.76. The monoisotopic (exact) mass is 933 g/mol. The molecule has 1 N–H and O–H groups in total. The molecule has 0 aromatic carbocycles. The first-order valence-corrected chi connectivity index (χ1v) is 27.3. The minimum Gasteiger partial charge on any atom is -0.462 e. The number of esters is 2. The van der Waals surface area contributed by atoms with Crippen LogP contribution in [0.5, 0.6) is 0 Å². The first-order chi connectivity index (χ1) is 31.5. The largest absolute Gasteiger partial charge is 0.472 e. The summed E-state index contributed by atoms with van der Waals surface area (Å²) >= 11 is 0. The topological polar surface area (TPSA) is 121 Å². The van der Waals surface area contributed by atoms with Crippen LogP contribution in [0, 0.1) is 0 Å². The van der Waals surface area contributed by atoms with Gasteiger partial charge in [-0.25, -0.2) is 4.57 Å². The Kier molecular flexibility index (Phi) is 38.7. The molecular formula is C54H95NO9P+. The van der Waals surface area contributed by atoms with Crippen molar-refractivity contribution in [3.63, 3.8) is 0 Å². The van der Waals surface area contributed by atoms with E-state index in [1.807, 2.05) is 33.3 Å². The van der Waals surface area contributed by atoms with Crippen molar-refractivity contribution in [2.45, 2.75) is 212 Å². The molecule has 0 radical (unpaired) electrons.